The summed E-state index contributed by atoms with van der Waals surface area (Å²) in [7, 11) is 3.08. The lowest BCUT2D eigenvalue weighted by atomic mass is 10.0. The van der Waals surface area contributed by atoms with Gasteiger partial charge in [0.2, 0.25) is 6.79 Å². The van der Waals surface area contributed by atoms with Gasteiger partial charge in [-0.05, 0) is 56.7 Å². The molecule has 0 saturated carbocycles. The molecule has 1 aromatic heterocycles. The fourth-order valence-corrected chi connectivity index (χ4v) is 5.53. The van der Waals surface area contributed by atoms with E-state index in [0.717, 1.165) is 45.6 Å². The summed E-state index contributed by atoms with van der Waals surface area (Å²) in [6, 6.07) is 6.96. The number of aromatic nitrogens is 1. The maximum absolute atomic E-state index is 13.9. The van der Waals surface area contributed by atoms with Gasteiger partial charge in [0.1, 0.15) is 0 Å². The molecule has 1 N–H and O–H groups in total. The molecule has 9 heteroatoms. The molecule has 9 nitrogen and oxygen atoms in total. The van der Waals surface area contributed by atoms with E-state index in [4.69, 9.17) is 18.9 Å². The number of ether oxygens (including phenoxy) is 4. The number of methoxy groups -OCH3 is 2. The first-order valence-electron chi connectivity index (χ1n) is 12.3. The number of ketones is 1. The second-order valence-electron chi connectivity index (χ2n) is 9.31. The van der Waals surface area contributed by atoms with Crippen LogP contribution in [-0.2, 0) is 6.54 Å². The number of nitrogens with one attached hydrogen (secondary N) is 1. The van der Waals surface area contributed by atoms with Crippen molar-refractivity contribution in [2.45, 2.75) is 19.4 Å². The Kier molecular flexibility index (Phi) is 5.81. The minimum atomic E-state index is -0.152. The Hall–Kier alpha value is -3.56. The van der Waals surface area contributed by atoms with Crippen LogP contribution in [0.25, 0.3) is 22.0 Å². The predicted molar refractivity (Wildman–Crippen MR) is 135 cm³/mol. The zero-order valence-electron chi connectivity index (χ0n) is 20.5. The first-order chi connectivity index (χ1) is 17.6. The van der Waals surface area contributed by atoms with Gasteiger partial charge in [0.15, 0.2) is 28.8 Å². The Morgan fingerprint density at radius 2 is 1.61 bits per heavy atom. The lowest BCUT2D eigenvalue weighted by molar-refractivity contribution is 0.104. The summed E-state index contributed by atoms with van der Waals surface area (Å²) < 4.78 is 23.9. The molecule has 2 aliphatic heterocycles. The molecule has 0 bridgehead atoms. The molecule has 3 aliphatic rings. The fraction of sp³-hybridized carbons (Fsp3) is 0.407. The van der Waals surface area contributed by atoms with Gasteiger partial charge in [0.05, 0.1) is 30.9 Å². The number of pyridine rings is 1. The molecule has 3 heterocycles. The first kappa shape index (κ1) is 22.9. The predicted octanol–water partition coefficient (Wildman–Crippen LogP) is 2.64. The number of fused-ring (bicyclic) bond motifs is 6. The van der Waals surface area contributed by atoms with Crippen LogP contribution < -0.4 is 29.8 Å². The van der Waals surface area contributed by atoms with Crippen molar-refractivity contribution in [3.63, 3.8) is 0 Å². The third-order valence-electron chi connectivity index (χ3n) is 7.30. The van der Waals surface area contributed by atoms with Crippen molar-refractivity contribution in [1.29, 1.82) is 0 Å². The highest BCUT2D eigenvalue weighted by molar-refractivity contribution is 6.27. The van der Waals surface area contributed by atoms with Crippen LogP contribution in [0.3, 0.4) is 0 Å². The molecule has 2 aromatic carbocycles. The summed E-state index contributed by atoms with van der Waals surface area (Å²) in [6.45, 7) is 5.54. The lowest BCUT2D eigenvalue weighted by Crippen LogP contribution is -2.31. The van der Waals surface area contributed by atoms with Crippen molar-refractivity contribution in [2.75, 3.05) is 53.7 Å². The number of hydrogen-bond acceptors (Lipinski definition) is 8. The van der Waals surface area contributed by atoms with Crippen molar-refractivity contribution in [2.24, 2.45) is 0 Å². The van der Waals surface area contributed by atoms with E-state index in [9.17, 15) is 9.59 Å². The van der Waals surface area contributed by atoms with Gasteiger partial charge < -0.3 is 33.7 Å². The van der Waals surface area contributed by atoms with Crippen molar-refractivity contribution in [1.82, 2.24) is 14.8 Å². The minimum Gasteiger partial charge on any atom is -0.493 e. The van der Waals surface area contributed by atoms with Crippen LogP contribution in [0.5, 0.6) is 23.0 Å². The molecule has 0 atom stereocenters. The molecule has 188 valence electrons. The van der Waals surface area contributed by atoms with Crippen LogP contribution >= 0.6 is 0 Å². The maximum Gasteiger partial charge on any atom is 0.259 e. The number of rotatable bonds is 6. The highest BCUT2D eigenvalue weighted by atomic mass is 16.7. The Morgan fingerprint density at radius 1 is 0.889 bits per heavy atom. The summed E-state index contributed by atoms with van der Waals surface area (Å²) in [5.41, 5.74) is 2.20. The molecular formula is C27H29N3O6. The van der Waals surface area contributed by atoms with Gasteiger partial charge in [-0.3, -0.25) is 9.59 Å². The molecule has 3 aromatic rings. The summed E-state index contributed by atoms with van der Waals surface area (Å²) in [4.78, 5) is 30.1. The van der Waals surface area contributed by atoms with Crippen LogP contribution in [0.4, 0.5) is 0 Å². The highest BCUT2D eigenvalue weighted by Gasteiger charge is 2.35. The third kappa shape index (κ3) is 3.61. The smallest absolute Gasteiger partial charge is 0.259 e. The summed E-state index contributed by atoms with van der Waals surface area (Å²) in [5.74, 6) is 1.91. The molecule has 36 heavy (non-hydrogen) atoms. The van der Waals surface area contributed by atoms with E-state index in [0.29, 0.717) is 62.7 Å². The summed E-state index contributed by atoms with van der Waals surface area (Å²) in [5, 5.41) is 4.42. The van der Waals surface area contributed by atoms with E-state index in [-0.39, 0.29) is 18.1 Å². The van der Waals surface area contributed by atoms with Crippen molar-refractivity contribution < 1.29 is 23.7 Å². The third-order valence-corrected chi connectivity index (χ3v) is 7.30. The quantitative estimate of drug-likeness (QED) is 0.440. The topological polar surface area (TPSA) is 91.3 Å². The minimum absolute atomic E-state index is 0.117. The summed E-state index contributed by atoms with van der Waals surface area (Å²) >= 11 is 0. The van der Waals surface area contributed by atoms with Gasteiger partial charge >= 0.3 is 0 Å². The Morgan fingerprint density at radius 3 is 2.36 bits per heavy atom. The zero-order valence-corrected chi connectivity index (χ0v) is 20.5. The van der Waals surface area contributed by atoms with Crippen LogP contribution in [0, 0.1) is 0 Å². The number of carbonyl (C=O) groups is 1. The van der Waals surface area contributed by atoms with Crippen LogP contribution in [0.15, 0.2) is 29.1 Å². The molecule has 1 fully saturated rings. The Labute approximate surface area is 208 Å². The van der Waals surface area contributed by atoms with Crippen molar-refractivity contribution in [3.05, 3.63) is 45.7 Å². The van der Waals surface area contributed by atoms with Crippen molar-refractivity contribution >= 4 is 16.6 Å². The number of hydrogen-bond donors (Lipinski definition) is 1. The second-order valence-corrected chi connectivity index (χ2v) is 9.31. The normalized spacial score (nSPS) is 16.7. The molecule has 0 spiro atoms. The van der Waals surface area contributed by atoms with Gasteiger partial charge in [-0.1, -0.05) is 0 Å². The molecule has 0 radical (unpaired) electrons. The molecule has 1 saturated heterocycles. The van der Waals surface area contributed by atoms with Crippen LogP contribution in [-0.4, -0.2) is 69.0 Å². The molecule has 0 unspecified atom stereocenters. The van der Waals surface area contributed by atoms with Crippen molar-refractivity contribution in [3.8, 4) is 34.3 Å². The lowest BCUT2D eigenvalue weighted by Gasteiger charge is -2.21. The monoisotopic (exact) mass is 491 g/mol. The van der Waals surface area contributed by atoms with Gasteiger partial charge in [0, 0.05) is 36.1 Å². The standard InChI is InChI=1S/C27H29N3O6/c1-33-20-11-16-19(14-21(20)34-2)27(32)30(9-4-8-29-7-3-5-28-6-10-29)25-17-12-22-23(36-15-35-22)13-18(17)26(31)24(16)25/h11-14,28H,3-10,15H2,1-2H3. The molecular weight excluding hydrogens is 462 g/mol. The molecule has 1 aliphatic carbocycles. The Balaban J connectivity index is 1.50. The fourth-order valence-electron chi connectivity index (χ4n) is 5.53. The summed E-state index contributed by atoms with van der Waals surface area (Å²) in [6.07, 6.45) is 1.90. The van der Waals surface area contributed by atoms with Gasteiger partial charge in [-0.15, -0.1) is 0 Å². The molecule has 6 rings (SSSR count). The average Bonchev–Trinajstić information content (AvgIpc) is 3.35. The average molecular weight is 492 g/mol. The van der Waals surface area contributed by atoms with Gasteiger partial charge in [-0.25, -0.2) is 0 Å². The highest BCUT2D eigenvalue weighted by Crippen LogP contribution is 2.46. The first-order valence-corrected chi connectivity index (χ1v) is 12.3. The van der Waals surface area contributed by atoms with E-state index in [1.807, 2.05) is 6.07 Å². The molecule has 0 amide bonds. The van der Waals surface area contributed by atoms with E-state index in [2.05, 4.69) is 10.2 Å². The second kappa shape index (κ2) is 9.15. The van der Waals surface area contributed by atoms with E-state index < -0.39 is 0 Å². The Bertz CT molecular complexity index is 1420. The largest absolute Gasteiger partial charge is 0.493 e. The van der Waals surface area contributed by atoms with Gasteiger partial charge in [-0.2, -0.15) is 0 Å². The van der Waals surface area contributed by atoms with E-state index in [1.165, 1.54) is 7.11 Å². The van der Waals surface area contributed by atoms with Crippen LogP contribution in [0.1, 0.15) is 28.8 Å². The number of benzene rings is 2. The van der Waals surface area contributed by atoms with E-state index >= 15 is 0 Å². The number of nitrogens with zero attached hydrogens (tertiary/aromatic N) is 2. The SMILES string of the molecule is COc1cc2c3c(n(CCCN4CCCNCC4)c(=O)c2cc1OC)-c1cc2c(cc1C3=O)OCO2. The maximum atomic E-state index is 13.9. The van der Waals surface area contributed by atoms with E-state index in [1.54, 1.807) is 29.9 Å². The number of carbonyl (C=O) groups excluding carboxylic acids is 1. The van der Waals surface area contributed by atoms with Crippen LogP contribution in [0.2, 0.25) is 0 Å². The zero-order chi connectivity index (χ0) is 24.8. The van der Waals surface area contributed by atoms with Gasteiger partial charge in [0.25, 0.3) is 5.56 Å².